The van der Waals surface area contributed by atoms with Gasteiger partial charge in [-0.05, 0) is 18.7 Å². The number of aromatic nitrogens is 1. The molecule has 1 aromatic rings. The van der Waals surface area contributed by atoms with Crippen molar-refractivity contribution in [2.45, 2.75) is 18.8 Å². The van der Waals surface area contributed by atoms with Crippen LogP contribution in [0.3, 0.4) is 0 Å². The number of hydrogen-bond donors (Lipinski definition) is 1. The fraction of sp³-hybridized carbons (Fsp3) is 0.545. The standard InChI is InChI=1S/C11H16N2O2/c1-12-10(7-11-14-5-6-15-11)9-3-2-4-13-8-9/h2-4,8,10-12H,5-7H2,1H3. The summed E-state index contributed by atoms with van der Waals surface area (Å²) in [4.78, 5) is 4.11. The Balaban J connectivity index is 1.97. The van der Waals surface area contributed by atoms with Gasteiger partial charge in [-0.2, -0.15) is 0 Å². The molecule has 0 aliphatic carbocycles. The molecule has 1 saturated heterocycles. The lowest BCUT2D eigenvalue weighted by Crippen LogP contribution is -2.23. The molecule has 1 unspecified atom stereocenters. The first kappa shape index (κ1) is 10.5. The molecule has 1 atom stereocenters. The smallest absolute Gasteiger partial charge is 0.159 e. The van der Waals surface area contributed by atoms with Crippen LogP contribution in [0.25, 0.3) is 0 Å². The Morgan fingerprint density at radius 2 is 2.33 bits per heavy atom. The van der Waals surface area contributed by atoms with Crippen molar-refractivity contribution in [3.05, 3.63) is 30.1 Å². The highest BCUT2D eigenvalue weighted by molar-refractivity contribution is 5.13. The number of hydrogen-bond acceptors (Lipinski definition) is 4. The second-order valence-corrected chi connectivity index (χ2v) is 3.53. The number of pyridine rings is 1. The third-order valence-corrected chi connectivity index (χ3v) is 2.55. The number of nitrogens with one attached hydrogen (secondary N) is 1. The Bertz CT molecular complexity index is 286. The summed E-state index contributed by atoms with van der Waals surface area (Å²) in [5.74, 6) is 0. The molecule has 0 amide bonds. The topological polar surface area (TPSA) is 43.4 Å². The van der Waals surface area contributed by atoms with E-state index in [-0.39, 0.29) is 12.3 Å². The minimum Gasteiger partial charge on any atom is -0.350 e. The lowest BCUT2D eigenvalue weighted by molar-refractivity contribution is -0.0526. The molecule has 2 heterocycles. The normalized spacial score (nSPS) is 19.3. The van der Waals surface area contributed by atoms with Gasteiger partial charge in [-0.3, -0.25) is 4.98 Å². The summed E-state index contributed by atoms with van der Waals surface area (Å²) in [5, 5.41) is 3.25. The minimum absolute atomic E-state index is 0.0809. The fourth-order valence-corrected chi connectivity index (χ4v) is 1.74. The van der Waals surface area contributed by atoms with Crippen LogP contribution in [0.15, 0.2) is 24.5 Å². The third kappa shape index (κ3) is 2.75. The van der Waals surface area contributed by atoms with Crippen LogP contribution in [0.2, 0.25) is 0 Å². The summed E-state index contributed by atoms with van der Waals surface area (Å²) in [5.41, 5.74) is 1.17. The summed E-state index contributed by atoms with van der Waals surface area (Å²) in [6, 6.07) is 4.24. The summed E-state index contributed by atoms with van der Waals surface area (Å²) in [7, 11) is 1.94. The van der Waals surface area contributed by atoms with E-state index >= 15 is 0 Å². The number of ether oxygens (including phenoxy) is 2. The van der Waals surface area contributed by atoms with Gasteiger partial charge in [0.25, 0.3) is 0 Å². The lowest BCUT2D eigenvalue weighted by atomic mass is 10.1. The molecule has 0 aromatic carbocycles. The molecule has 0 bridgehead atoms. The predicted molar refractivity (Wildman–Crippen MR) is 56.3 cm³/mol. The molecule has 1 fully saturated rings. The van der Waals surface area contributed by atoms with Gasteiger partial charge in [0.2, 0.25) is 0 Å². The van der Waals surface area contributed by atoms with Crippen LogP contribution in [-0.2, 0) is 9.47 Å². The largest absolute Gasteiger partial charge is 0.350 e. The molecule has 1 aliphatic heterocycles. The second kappa shape index (κ2) is 5.21. The number of rotatable bonds is 4. The van der Waals surface area contributed by atoms with E-state index in [4.69, 9.17) is 9.47 Å². The van der Waals surface area contributed by atoms with Crippen LogP contribution in [0.1, 0.15) is 18.0 Å². The molecule has 82 valence electrons. The summed E-state index contributed by atoms with van der Waals surface area (Å²) in [6.45, 7) is 1.41. The van der Waals surface area contributed by atoms with Crippen molar-refractivity contribution in [1.29, 1.82) is 0 Å². The highest BCUT2D eigenvalue weighted by atomic mass is 16.7. The van der Waals surface area contributed by atoms with Crippen LogP contribution in [0, 0.1) is 0 Å². The molecule has 1 aliphatic rings. The van der Waals surface area contributed by atoms with Gasteiger partial charge in [-0.15, -0.1) is 0 Å². The van der Waals surface area contributed by atoms with Crippen LogP contribution >= 0.6 is 0 Å². The first-order valence-electron chi connectivity index (χ1n) is 5.20. The molecule has 1 aromatic heterocycles. The monoisotopic (exact) mass is 208 g/mol. The molecule has 0 radical (unpaired) electrons. The first-order chi connectivity index (χ1) is 7.40. The van der Waals surface area contributed by atoms with Crippen LogP contribution in [0.5, 0.6) is 0 Å². The van der Waals surface area contributed by atoms with Gasteiger partial charge in [0, 0.05) is 24.9 Å². The van der Waals surface area contributed by atoms with Crippen molar-refractivity contribution in [2.24, 2.45) is 0 Å². The van der Waals surface area contributed by atoms with Gasteiger partial charge in [0.05, 0.1) is 13.2 Å². The van der Waals surface area contributed by atoms with Crippen molar-refractivity contribution >= 4 is 0 Å². The zero-order valence-corrected chi connectivity index (χ0v) is 8.85. The SMILES string of the molecule is CNC(CC1OCCO1)c1cccnc1. The Kier molecular flexibility index (Phi) is 3.66. The Labute approximate surface area is 89.6 Å². The van der Waals surface area contributed by atoms with E-state index < -0.39 is 0 Å². The van der Waals surface area contributed by atoms with Crippen LogP contribution < -0.4 is 5.32 Å². The predicted octanol–water partition coefficient (Wildman–Crippen LogP) is 1.11. The van der Waals surface area contributed by atoms with Crippen molar-refractivity contribution in [1.82, 2.24) is 10.3 Å². The summed E-state index contributed by atoms with van der Waals surface area (Å²) >= 11 is 0. The average Bonchev–Trinajstić information content (AvgIpc) is 2.80. The van der Waals surface area contributed by atoms with E-state index in [0.717, 1.165) is 6.42 Å². The fourth-order valence-electron chi connectivity index (χ4n) is 1.74. The van der Waals surface area contributed by atoms with Gasteiger partial charge in [0.15, 0.2) is 6.29 Å². The van der Waals surface area contributed by atoms with Gasteiger partial charge in [-0.1, -0.05) is 6.07 Å². The van der Waals surface area contributed by atoms with E-state index in [1.165, 1.54) is 5.56 Å². The maximum Gasteiger partial charge on any atom is 0.159 e. The summed E-state index contributed by atoms with van der Waals surface area (Å²) in [6.07, 6.45) is 4.39. The second-order valence-electron chi connectivity index (χ2n) is 3.53. The molecule has 1 N–H and O–H groups in total. The zero-order valence-electron chi connectivity index (χ0n) is 8.85. The minimum atomic E-state index is -0.0809. The molecule has 0 saturated carbocycles. The molecule has 2 rings (SSSR count). The van der Waals surface area contributed by atoms with Crippen LogP contribution in [-0.4, -0.2) is 31.5 Å². The molecular formula is C11H16N2O2. The number of nitrogens with zero attached hydrogens (tertiary/aromatic N) is 1. The lowest BCUT2D eigenvalue weighted by Gasteiger charge is -2.19. The van der Waals surface area contributed by atoms with E-state index in [9.17, 15) is 0 Å². The molecule has 4 nitrogen and oxygen atoms in total. The zero-order chi connectivity index (χ0) is 10.5. The van der Waals surface area contributed by atoms with Gasteiger partial charge >= 0.3 is 0 Å². The molecule has 15 heavy (non-hydrogen) atoms. The van der Waals surface area contributed by atoms with Gasteiger partial charge in [0.1, 0.15) is 0 Å². The Hall–Kier alpha value is -0.970. The highest BCUT2D eigenvalue weighted by Gasteiger charge is 2.21. The molecule has 4 heteroatoms. The average molecular weight is 208 g/mol. The summed E-state index contributed by atoms with van der Waals surface area (Å²) < 4.78 is 10.8. The van der Waals surface area contributed by atoms with E-state index in [2.05, 4.69) is 16.4 Å². The van der Waals surface area contributed by atoms with E-state index in [1.807, 2.05) is 19.3 Å². The van der Waals surface area contributed by atoms with E-state index in [1.54, 1.807) is 6.20 Å². The van der Waals surface area contributed by atoms with Crippen molar-refractivity contribution in [2.75, 3.05) is 20.3 Å². The Morgan fingerprint density at radius 3 is 2.93 bits per heavy atom. The highest BCUT2D eigenvalue weighted by Crippen LogP contribution is 2.20. The Morgan fingerprint density at radius 1 is 1.53 bits per heavy atom. The molecular weight excluding hydrogens is 192 g/mol. The van der Waals surface area contributed by atoms with Crippen molar-refractivity contribution in [3.8, 4) is 0 Å². The quantitative estimate of drug-likeness (QED) is 0.804. The maximum absolute atomic E-state index is 5.42. The maximum atomic E-state index is 5.42. The van der Waals surface area contributed by atoms with Crippen molar-refractivity contribution < 1.29 is 9.47 Å². The third-order valence-electron chi connectivity index (χ3n) is 2.55. The first-order valence-corrected chi connectivity index (χ1v) is 5.20. The molecule has 0 spiro atoms. The van der Waals surface area contributed by atoms with Crippen LogP contribution in [0.4, 0.5) is 0 Å². The van der Waals surface area contributed by atoms with Gasteiger partial charge in [-0.25, -0.2) is 0 Å². The van der Waals surface area contributed by atoms with Gasteiger partial charge < -0.3 is 14.8 Å². The van der Waals surface area contributed by atoms with E-state index in [0.29, 0.717) is 13.2 Å². The van der Waals surface area contributed by atoms with Crippen molar-refractivity contribution in [3.63, 3.8) is 0 Å².